The highest BCUT2D eigenvalue weighted by molar-refractivity contribution is 7.17. The van der Waals surface area contributed by atoms with E-state index in [9.17, 15) is 9.59 Å². The number of esters is 1. The Morgan fingerprint density at radius 1 is 1.16 bits per heavy atom. The van der Waals surface area contributed by atoms with Crippen LogP contribution in [0.5, 0.6) is 5.75 Å². The van der Waals surface area contributed by atoms with Gasteiger partial charge >= 0.3 is 5.97 Å². The predicted molar refractivity (Wildman–Crippen MR) is 130 cm³/mol. The van der Waals surface area contributed by atoms with E-state index in [0.29, 0.717) is 27.1 Å². The number of carbonyl (C=O) groups is 2. The molecule has 1 N–H and O–H groups in total. The summed E-state index contributed by atoms with van der Waals surface area (Å²) in [5.74, 6) is 0.107. The lowest BCUT2D eigenvalue weighted by Crippen LogP contribution is -2.13. The summed E-state index contributed by atoms with van der Waals surface area (Å²) in [4.78, 5) is 27.1. The highest BCUT2D eigenvalue weighted by atomic mass is 35.5. The minimum atomic E-state index is -0.391. The Hall–Kier alpha value is -2.35. The number of benzene rings is 1. The normalized spacial score (nSPS) is 13.2. The molecule has 3 aromatic rings. The van der Waals surface area contributed by atoms with E-state index in [2.05, 4.69) is 5.32 Å². The molecule has 1 amide bonds. The lowest BCUT2D eigenvalue weighted by atomic mass is 10.1. The summed E-state index contributed by atoms with van der Waals surface area (Å²) in [5, 5.41) is 6.14. The van der Waals surface area contributed by atoms with Gasteiger partial charge in [0.2, 0.25) is 0 Å². The minimum Gasteiger partial charge on any atom is -0.489 e. The van der Waals surface area contributed by atoms with Crippen molar-refractivity contribution < 1.29 is 19.1 Å². The van der Waals surface area contributed by atoms with Crippen LogP contribution in [-0.2, 0) is 24.2 Å². The van der Waals surface area contributed by atoms with E-state index in [0.717, 1.165) is 54.5 Å². The van der Waals surface area contributed by atoms with Crippen LogP contribution >= 0.6 is 34.3 Å². The molecule has 1 aliphatic rings. The number of fused-ring (bicyclic) bond motifs is 1. The Kier molecular flexibility index (Phi) is 7.18. The van der Waals surface area contributed by atoms with Gasteiger partial charge in [0.05, 0.1) is 17.6 Å². The van der Waals surface area contributed by atoms with Gasteiger partial charge in [0.15, 0.2) is 0 Å². The molecule has 2 heterocycles. The van der Waals surface area contributed by atoms with Gasteiger partial charge in [-0.2, -0.15) is 0 Å². The summed E-state index contributed by atoms with van der Waals surface area (Å²) in [6.07, 6.45) is 5.08. The first-order chi connectivity index (χ1) is 15.5. The molecule has 0 saturated heterocycles. The van der Waals surface area contributed by atoms with E-state index in [-0.39, 0.29) is 5.91 Å². The fourth-order valence-electron chi connectivity index (χ4n) is 3.76. The van der Waals surface area contributed by atoms with Crippen LogP contribution in [0.1, 0.15) is 60.9 Å². The maximum absolute atomic E-state index is 12.9. The lowest BCUT2D eigenvalue weighted by Gasteiger charge is -2.07. The van der Waals surface area contributed by atoms with Gasteiger partial charge in [0, 0.05) is 15.5 Å². The van der Waals surface area contributed by atoms with Crippen molar-refractivity contribution in [3.63, 3.8) is 0 Å². The zero-order valence-electron chi connectivity index (χ0n) is 18.0. The third kappa shape index (κ3) is 5.00. The van der Waals surface area contributed by atoms with Crippen molar-refractivity contribution in [3.8, 4) is 5.75 Å². The van der Waals surface area contributed by atoms with Crippen LogP contribution in [0, 0.1) is 6.92 Å². The van der Waals surface area contributed by atoms with Gasteiger partial charge in [-0.05, 0) is 73.4 Å². The molecule has 0 spiro atoms. The molecule has 0 bridgehead atoms. The monoisotopic (exact) mass is 489 g/mol. The Morgan fingerprint density at radius 3 is 2.75 bits per heavy atom. The number of rotatable bonds is 6. The number of aryl methyl sites for hydroxylation is 2. The number of nitrogens with one attached hydrogen (secondary N) is 1. The fourth-order valence-corrected chi connectivity index (χ4v) is 5.94. The first-order valence-electron chi connectivity index (χ1n) is 10.5. The number of carbonyl (C=O) groups excluding carboxylic acids is 2. The highest BCUT2D eigenvalue weighted by Gasteiger charge is 2.26. The quantitative estimate of drug-likeness (QED) is 0.310. The number of hydrogen-bond acceptors (Lipinski definition) is 6. The van der Waals surface area contributed by atoms with Gasteiger partial charge in [-0.15, -0.1) is 22.7 Å². The molecule has 0 aliphatic heterocycles. The van der Waals surface area contributed by atoms with Crippen LogP contribution in [-0.4, -0.2) is 19.0 Å². The number of amides is 1. The molecule has 168 valence electrons. The predicted octanol–water partition coefficient (Wildman–Crippen LogP) is 6.66. The summed E-state index contributed by atoms with van der Waals surface area (Å²) >= 11 is 8.90. The summed E-state index contributed by atoms with van der Waals surface area (Å²) < 4.78 is 10.8. The summed E-state index contributed by atoms with van der Waals surface area (Å²) in [7, 11) is 1.38. The van der Waals surface area contributed by atoms with Crippen molar-refractivity contribution in [1.82, 2.24) is 0 Å². The molecule has 32 heavy (non-hydrogen) atoms. The number of methoxy groups -OCH3 is 1. The molecular formula is C24H24ClNO4S2. The minimum absolute atomic E-state index is 0.231. The van der Waals surface area contributed by atoms with E-state index >= 15 is 0 Å². The van der Waals surface area contributed by atoms with Crippen molar-refractivity contribution in [2.75, 3.05) is 12.4 Å². The van der Waals surface area contributed by atoms with E-state index in [1.54, 1.807) is 6.07 Å². The molecule has 2 aromatic heterocycles. The number of anilines is 1. The molecular weight excluding hydrogens is 466 g/mol. The molecule has 0 unspecified atom stereocenters. The lowest BCUT2D eigenvalue weighted by molar-refractivity contribution is 0.0601. The van der Waals surface area contributed by atoms with Crippen molar-refractivity contribution in [2.45, 2.75) is 45.6 Å². The second-order valence-corrected chi connectivity index (χ2v) is 10.2. The zero-order chi connectivity index (χ0) is 22.7. The molecule has 4 rings (SSSR count). The van der Waals surface area contributed by atoms with Crippen LogP contribution in [0.3, 0.4) is 0 Å². The van der Waals surface area contributed by atoms with E-state index < -0.39 is 5.97 Å². The van der Waals surface area contributed by atoms with Crippen molar-refractivity contribution in [2.24, 2.45) is 0 Å². The van der Waals surface area contributed by atoms with Gasteiger partial charge in [-0.1, -0.05) is 18.0 Å². The van der Waals surface area contributed by atoms with E-state index in [1.807, 2.05) is 30.5 Å². The topological polar surface area (TPSA) is 64.6 Å². The standard InChI is InChI=1S/C24H24ClNO4S2/c1-14-10-16(8-9-18(14)25)30-12-15-11-20(31-13-15)22(27)26-23-21(24(28)29-2)17-6-4-3-5-7-19(17)32-23/h8-11,13H,3-7,12H2,1-2H3,(H,26,27). The molecule has 0 saturated carbocycles. The Morgan fingerprint density at radius 2 is 1.97 bits per heavy atom. The molecule has 0 radical (unpaired) electrons. The zero-order valence-corrected chi connectivity index (χ0v) is 20.3. The molecule has 8 heteroatoms. The van der Waals surface area contributed by atoms with Crippen LogP contribution in [0.25, 0.3) is 0 Å². The fraction of sp³-hybridized carbons (Fsp3) is 0.333. The van der Waals surface area contributed by atoms with Crippen molar-refractivity contribution in [1.29, 1.82) is 0 Å². The maximum atomic E-state index is 12.9. The smallest absolute Gasteiger partial charge is 0.341 e. The number of hydrogen-bond donors (Lipinski definition) is 1. The van der Waals surface area contributed by atoms with Gasteiger partial charge < -0.3 is 14.8 Å². The average Bonchev–Trinajstić information content (AvgIpc) is 3.32. The third-order valence-electron chi connectivity index (χ3n) is 5.45. The maximum Gasteiger partial charge on any atom is 0.341 e. The molecule has 0 fully saturated rings. The molecule has 5 nitrogen and oxygen atoms in total. The number of ether oxygens (including phenoxy) is 2. The van der Waals surface area contributed by atoms with Crippen LogP contribution in [0.4, 0.5) is 5.00 Å². The summed E-state index contributed by atoms with van der Waals surface area (Å²) in [5.41, 5.74) is 3.40. The van der Waals surface area contributed by atoms with Crippen LogP contribution in [0.2, 0.25) is 5.02 Å². The van der Waals surface area contributed by atoms with Crippen molar-refractivity contribution in [3.05, 3.63) is 66.7 Å². The van der Waals surface area contributed by atoms with Gasteiger partial charge in [0.1, 0.15) is 17.4 Å². The Labute approximate surface area is 200 Å². The van der Waals surface area contributed by atoms with E-state index in [1.165, 1.54) is 34.7 Å². The SMILES string of the molecule is COC(=O)c1c(NC(=O)c2cc(COc3ccc(Cl)c(C)c3)cs2)sc2c1CCCCC2. The number of halogens is 1. The summed E-state index contributed by atoms with van der Waals surface area (Å²) in [6, 6.07) is 7.33. The summed E-state index contributed by atoms with van der Waals surface area (Å²) in [6.45, 7) is 2.28. The molecule has 0 atom stereocenters. The first kappa shape index (κ1) is 22.8. The van der Waals surface area contributed by atoms with Gasteiger partial charge in [0.25, 0.3) is 5.91 Å². The second-order valence-electron chi connectivity index (χ2n) is 7.73. The average molecular weight is 490 g/mol. The Bertz CT molecular complexity index is 1150. The van der Waals surface area contributed by atoms with Crippen LogP contribution in [0.15, 0.2) is 29.6 Å². The number of thiophene rings is 2. The van der Waals surface area contributed by atoms with E-state index in [4.69, 9.17) is 21.1 Å². The van der Waals surface area contributed by atoms with Gasteiger partial charge in [-0.25, -0.2) is 4.79 Å². The molecule has 1 aromatic carbocycles. The highest BCUT2D eigenvalue weighted by Crippen LogP contribution is 2.38. The van der Waals surface area contributed by atoms with Crippen molar-refractivity contribution >= 4 is 51.2 Å². The Balaban J connectivity index is 1.47. The van der Waals surface area contributed by atoms with Crippen LogP contribution < -0.4 is 10.1 Å². The van der Waals surface area contributed by atoms with Gasteiger partial charge in [-0.3, -0.25) is 4.79 Å². The largest absolute Gasteiger partial charge is 0.489 e. The second kappa shape index (κ2) is 10.1. The molecule has 1 aliphatic carbocycles. The first-order valence-corrected chi connectivity index (χ1v) is 12.5. The third-order valence-corrected chi connectivity index (χ3v) is 8.06.